The smallest absolute Gasteiger partial charge is 0.331 e. The zero-order chi connectivity index (χ0) is 26.7. The van der Waals surface area contributed by atoms with Crippen molar-refractivity contribution in [2.24, 2.45) is 0 Å². The number of methoxy groups -OCH3 is 1. The summed E-state index contributed by atoms with van der Waals surface area (Å²) in [4.78, 5) is 52.8. The van der Waals surface area contributed by atoms with Crippen LogP contribution in [0.25, 0.3) is 0 Å². The second-order valence-electron chi connectivity index (χ2n) is 10.0. The molecule has 2 N–H and O–H groups in total. The first-order valence-corrected chi connectivity index (χ1v) is 11.7. The number of piperazine rings is 1. The van der Waals surface area contributed by atoms with E-state index in [4.69, 9.17) is 9.84 Å². The highest BCUT2D eigenvalue weighted by molar-refractivity contribution is 5.99. The number of amides is 2. The number of carbonyl (C=O) groups is 4. The Morgan fingerprint density at radius 3 is 2.22 bits per heavy atom. The maximum atomic E-state index is 13.8. The standard InChI is InChI=1S/C27H32N2O7/c1-26(2,3)20-11-10-19(14-21(20)36-4)24(33)29-13-12-28(22(30)15-23(31)32)17-27(29,25(34)35)16-18-8-6-5-7-9-18/h5-11,14H,12-13,15-17H2,1-4H3,(H,31,32)(H,34,35). The molecule has 3 rings (SSSR count). The Morgan fingerprint density at radius 1 is 1.00 bits per heavy atom. The van der Waals surface area contributed by atoms with E-state index in [1.807, 2.05) is 20.8 Å². The summed E-state index contributed by atoms with van der Waals surface area (Å²) in [5.74, 6) is -3.24. The van der Waals surface area contributed by atoms with Crippen molar-refractivity contribution in [2.75, 3.05) is 26.7 Å². The van der Waals surface area contributed by atoms with Crippen molar-refractivity contribution < 1.29 is 34.1 Å². The first-order valence-electron chi connectivity index (χ1n) is 11.7. The molecule has 1 unspecified atom stereocenters. The van der Waals surface area contributed by atoms with E-state index < -0.39 is 35.7 Å². The van der Waals surface area contributed by atoms with Crippen molar-refractivity contribution >= 4 is 23.8 Å². The first-order chi connectivity index (χ1) is 16.9. The minimum atomic E-state index is -1.79. The summed E-state index contributed by atoms with van der Waals surface area (Å²) < 4.78 is 5.54. The van der Waals surface area contributed by atoms with Crippen molar-refractivity contribution in [3.63, 3.8) is 0 Å². The van der Waals surface area contributed by atoms with E-state index in [2.05, 4.69) is 0 Å². The highest BCUT2D eigenvalue weighted by Crippen LogP contribution is 2.34. The lowest BCUT2D eigenvalue weighted by atomic mass is 9.84. The van der Waals surface area contributed by atoms with Gasteiger partial charge in [0.05, 0.1) is 13.7 Å². The molecular weight excluding hydrogens is 464 g/mol. The lowest BCUT2D eigenvalue weighted by Crippen LogP contribution is -2.69. The van der Waals surface area contributed by atoms with Crippen molar-refractivity contribution in [2.45, 2.75) is 44.6 Å². The van der Waals surface area contributed by atoms with Gasteiger partial charge in [-0.1, -0.05) is 57.2 Å². The second-order valence-corrected chi connectivity index (χ2v) is 10.0. The van der Waals surface area contributed by atoms with E-state index in [9.17, 15) is 24.3 Å². The molecule has 36 heavy (non-hydrogen) atoms. The molecule has 2 amide bonds. The predicted octanol–water partition coefficient (Wildman–Crippen LogP) is 2.82. The molecule has 1 aliphatic rings. The molecule has 0 radical (unpaired) electrons. The van der Waals surface area contributed by atoms with E-state index in [1.54, 1.807) is 48.5 Å². The number of aliphatic carboxylic acids is 2. The Morgan fingerprint density at radius 2 is 1.67 bits per heavy atom. The van der Waals surface area contributed by atoms with Crippen LogP contribution in [0.15, 0.2) is 48.5 Å². The van der Waals surface area contributed by atoms with Crippen molar-refractivity contribution in [1.29, 1.82) is 0 Å². The van der Waals surface area contributed by atoms with Crippen LogP contribution in [0.2, 0.25) is 0 Å². The Labute approximate surface area is 210 Å². The van der Waals surface area contributed by atoms with Gasteiger partial charge in [0.2, 0.25) is 5.91 Å². The van der Waals surface area contributed by atoms with Gasteiger partial charge in [0.25, 0.3) is 5.91 Å². The van der Waals surface area contributed by atoms with Gasteiger partial charge in [-0.2, -0.15) is 0 Å². The molecular formula is C27H32N2O7. The van der Waals surface area contributed by atoms with Gasteiger partial charge in [-0.15, -0.1) is 0 Å². The molecule has 192 valence electrons. The maximum Gasteiger partial charge on any atom is 0.331 e. The average molecular weight is 497 g/mol. The highest BCUT2D eigenvalue weighted by Gasteiger charge is 2.51. The maximum absolute atomic E-state index is 13.8. The normalized spacial score (nSPS) is 18.0. The van der Waals surface area contributed by atoms with Gasteiger partial charge in [0.15, 0.2) is 5.54 Å². The van der Waals surface area contributed by atoms with Crippen LogP contribution < -0.4 is 4.74 Å². The first kappa shape index (κ1) is 26.7. The fourth-order valence-electron chi connectivity index (χ4n) is 4.61. The summed E-state index contributed by atoms with van der Waals surface area (Å²) in [6, 6.07) is 13.9. The van der Waals surface area contributed by atoms with Gasteiger partial charge in [0, 0.05) is 25.1 Å². The third kappa shape index (κ3) is 5.50. The zero-order valence-corrected chi connectivity index (χ0v) is 21.0. The van der Waals surface area contributed by atoms with Crippen LogP contribution in [0.3, 0.4) is 0 Å². The van der Waals surface area contributed by atoms with Crippen LogP contribution in [-0.4, -0.2) is 76.0 Å². The lowest BCUT2D eigenvalue weighted by molar-refractivity contribution is -0.157. The third-order valence-electron chi connectivity index (χ3n) is 6.46. The molecule has 1 aliphatic heterocycles. The molecule has 1 heterocycles. The number of hydrogen-bond acceptors (Lipinski definition) is 5. The number of benzene rings is 2. The summed E-state index contributed by atoms with van der Waals surface area (Å²) in [6.45, 7) is 5.71. The van der Waals surface area contributed by atoms with Crippen LogP contribution in [-0.2, 0) is 26.2 Å². The summed E-state index contributed by atoms with van der Waals surface area (Å²) in [5.41, 5.74) is -0.184. The molecule has 0 saturated carbocycles. The molecule has 0 aliphatic carbocycles. The molecule has 1 atom stereocenters. The fraction of sp³-hybridized carbons (Fsp3) is 0.407. The largest absolute Gasteiger partial charge is 0.496 e. The molecule has 2 aromatic carbocycles. The van der Waals surface area contributed by atoms with Crippen LogP contribution in [0.5, 0.6) is 5.75 Å². The van der Waals surface area contributed by atoms with Crippen molar-refractivity contribution in [1.82, 2.24) is 9.80 Å². The molecule has 1 fully saturated rings. The number of carboxylic acids is 2. The quantitative estimate of drug-likeness (QED) is 0.565. The van der Waals surface area contributed by atoms with E-state index in [1.165, 1.54) is 16.9 Å². The Bertz CT molecular complexity index is 1160. The van der Waals surface area contributed by atoms with E-state index in [0.717, 1.165) is 5.56 Å². The van der Waals surface area contributed by atoms with E-state index >= 15 is 0 Å². The van der Waals surface area contributed by atoms with Gasteiger partial charge < -0.3 is 24.7 Å². The van der Waals surface area contributed by atoms with Crippen LogP contribution in [0.1, 0.15) is 48.7 Å². The molecule has 0 spiro atoms. The highest BCUT2D eigenvalue weighted by atomic mass is 16.5. The number of nitrogens with zero attached hydrogens (tertiary/aromatic N) is 2. The van der Waals surface area contributed by atoms with Crippen molar-refractivity contribution in [3.05, 3.63) is 65.2 Å². The molecule has 0 aromatic heterocycles. The second kappa shape index (κ2) is 10.4. The SMILES string of the molecule is COc1cc(C(=O)N2CCN(C(=O)CC(=O)O)CC2(Cc2ccccc2)C(=O)O)ccc1C(C)(C)C. The number of carbonyl (C=O) groups excluding carboxylic acids is 2. The van der Waals surface area contributed by atoms with Gasteiger partial charge >= 0.3 is 11.9 Å². The van der Waals surface area contributed by atoms with E-state index in [-0.39, 0.29) is 37.0 Å². The van der Waals surface area contributed by atoms with Crippen LogP contribution in [0, 0.1) is 0 Å². The molecule has 0 bridgehead atoms. The zero-order valence-electron chi connectivity index (χ0n) is 21.0. The van der Waals surface area contributed by atoms with Crippen LogP contribution >= 0.6 is 0 Å². The molecule has 2 aromatic rings. The monoisotopic (exact) mass is 496 g/mol. The Balaban J connectivity index is 2.06. The summed E-state index contributed by atoms with van der Waals surface area (Å²) in [5, 5.41) is 19.5. The number of hydrogen-bond donors (Lipinski definition) is 2. The minimum absolute atomic E-state index is 0.0267. The fourth-order valence-corrected chi connectivity index (χ4v) is 4.61. The van der Waals surface area contributed by atoms with Gasteiger partial charge in [0.1, 0.15) is 12.2 Å². The number of rotatable bonds is 7. The number of carboxylic acid groups (broad SMARTS) is 2. The lowest BCUT2D eigenvalue weighted by Gasteiger charge is -2.48. The summed E-state index contributed by atoms with van der Waals surface area (Å²) in [6.07, 6.45) is -0.802. The summed E-state index contributed by atoms with van der Waals surface area (Å²) >= 11 is 0. The predicted molar refractivity (Wildman–Crippen MR) is 132 cm³/mol. The number of ether oxygens (including phenoxy) is 1. The van der Waals surface area contributed by atoms with Gasteiger partial charge in [-0.3, -0.25) is 14.4 Å². The van der Waals surface area contributed by atoms with Crippen LogP contribution in [0.4, 0.5) is 0 Å². The third-order valence-corrected chi connectivity index (χ3v) is 6.46. The van der Waals surface area contributed by atoms with Gasteiger partial charge in [-0.25, -0.2) is 4.79 Å². The Kier molecular flexibility index (Phi) is 7.71. The topological polar surface area (TPSA) is 124 Å². The van der Waals surface area contributed by atoms with Gasteiger partial charge in [-0.05, 0) is 28.7 Å². The average Bonchev–Trinajstić information content (AvgIpc) is 2.82. The Hall–Kier alpha value is -3.88. The summed E-state index contributed by atoms with van der Waals surface area (Å²) in [7, 11) is 1.52. The molecule has 1 saturated heterocycles. The molecule has 9 nitrogen and oxygen atoms in total. The van der Waals surface area contributed by atoms with Crippen molar-refractivity contribution in [3.8, 4) is 5.75 Å². The molecule has 9 heteroatoms. The van der Waals surface area contributed by atoms with E-state index in [0.29, 0.717) is 11.3 Å². The minimum Gasteiger partial charge on any atom is -0.496 e.